The highest BCUT2D eigenvalue weighted by molar-refractivity contribution is 7.98. The van der Waals surface area contributed by atoms with Crippen molar-refractivity contribution in [3.05, 3.63) is 63.9 Å². The summed E-state index contributed by atoms with van der Waals surface area (Å²) in [4.78, 5) is 1.35. The number of aryl methyl sites for hydroxylation is 2. The molecule has 0 N–H and O–H groups in total. The summed E-state index contributed by atoms with van der Waals surface area (Å²) in [5, 5.41) is 20.0. The van der Waals surface area contributed by atoms with Gasteiger partial charge in [-0.2, -0.15) is 0 Å². The van der Waals surface area contributed by atoms with Crippen molar-refractivity contribution in [3.63, 3.8) is 0 Å². The number of aromatic nitrogens is 5. The Kier molecular flexibility index (Phi) is 5.33. The molecule has 132 valence electrons. The first-order valence-corrected chi connectivity index (χ1v) is 10.1. The smallest absolute Gasteiger partial charge is 0.247 e. The van der Waals surface area contributed by atoms with Crippen molar-refractivity contribution in [2.45, 2.75) is 23.9 Å². The van der Waals surface area contributed by atoms with E-state index in [-0.39, 0.29) is 0 Å². The minimum absolute atomic E-state index is 0.483. The van der Waals surface area contributed by atoms with Crippen molar-refractivity contribution in [1.82, 2.24) is 25.0 Å². The molecule has 0 aliphatic heterocycles. The van der Waals surface area contributed by atoms with E-state index >= 15 is 0 Å². The molecule has 1 aromatic carbocycles. The van der Waals surface area contributed by atoms with Gasteiger partial charge in [-0.15, -0.1) is 31.7 Å². The van der Waals surface area contributed by atoms with Crippen LogP contribution in [0.1, 0.15) is 10.8 Å². The first-order chi connectivity index (χ1) is 12.8. The fourth-order valence-corrected chi connectivity index (χ4v) is 3.94. The van der Waals surface area contributed by atoms with Crippen molar-refractivity contribution in [1.29, 1.82) is 0 Å². The zero-order chi connectivity index (χ0) is 17.8. The molecule has 4 rings (SSSR count). The van der Waals surface area contributed by atoms with Crippen molar-refractivity contribution in [2.75, 3.05) is 0 Å². The topological polar surface area (TPSA) is 69.6 Å². The van der Waals surface area contributed by atoms with E-state index in [0.717, 1.165) is 23.7 Å². The van der Waals surface area contributed by atoms with Crippen molar-refractivity contribution < 1.29 is 4.42 Å². The maximum atomic E-state index is 5.90. The van der Waals surface area contributed by atoms with Gasteiger partial charge in [0.15, 0.2) is 5.16 Å². The van der Waals surface area contributed by atoms with E-state index in [1.807, 2.05) is 16.7 Å². The summed E-state index contributed by atoms with van der Waals surface area (Å²) in [7, 11) is 0. The second-order valence-corrected chi connectivity index (χ2v) is 7.84. The molecule has 0 saturated carbocycles. The predicted molar refractivity (Wildman–Crippen MR) is 102 cm³/mol. The summed E-state index contributed by atoms with van der Waals surface area (Å²) in [5.74, 6) is 1.57. The van der Waals surface area contributed by atoms with Gasteiger partial charge in [0.2, 0.25) is 11.8 Å². The van der Waals surface area contributed by atoms with Crippen LogP contribution in [-0.4, -0.2) is 25.0 Å². The van der Waals surface area contributed by atoms with E-state index in [4.69, 9.17) is 16.0 Å². The second kappa shape index (κ2) is 8.03. The van der Waals surface area contributed by atoms with Crippen LogP contribution in [0.5, 0.6) is 0 Å². The lowest BCUT2D eigenvalue weighted by molar-refractivity contribution is 0.528. The highest BCUT2D eigenvalue weighted by atomic mass is 35.5. The molecular weight excluding hydrogens is 390 g/mol. The molecule has 3 aromatic heterocycles. The van der Waals surface area contributed by atoms with Gasteiger partial charge in [0, 0.05) is 22.0 Å². The van der Waals surface area contributed by atoms with Crippen LogP contribution in [0.2, 0.25) is 5.02 Å². The average Bonchev–Trinajstić information content (AvgIpc) is 3.40. The third kappa shape index (κ3) is 4.14. The minimum atomic E-state index is 0.483. The SMILES string of the molecule is Clc1ccc(-c2nnc(CSc3nncn3CCc3cccs3)o2)cc1. The van der Waals surface area contributed by atoms with E-state index in [9.17, 15) is 0 Å². The van der Waals surface area contributed by atoms with Crippen LogP contribution in [-0.2, 0) is 18.7 Å². The van der Waals surface area contributed by atoms with E-state index in [2.05, 4.69) is 37.9 Å². The van der Waals surface area contributed by atoms with Crippen LogP contribution in [0.15, 0.2) is 57.7 Å². The summed E-state index contributed by atoms with van der Waals surface area (Å²) < 4.78 is 7.77. The molecule has 0 aliphatic rings. The third-order valence-corrected chi connectivity index (χ3v) is 5.80. The Morgan fingerprint density at radius 3 is 2.81 bits per heavy atom. The summed E-state index contributed by atoms with van der Waals surface area (Å²) in [6.45, 7) is 0.843. The Labute approximate surface area is 163 Å². The second-order valence-electron chi connectivity index (χ2n) is 5.43. The molecule has 0 spiro atoms. The lowest BCUT2D eigenvalue weighted by Gasteiger charge is -2.04. The first kappa shape index (κ1) is 17.3. The van der Waals surface area contributed by atoms with Gasteiger partial charge >= 0.3 is 0 Å². The summed E-state index contributed by atoms with van der Waals surface area (Å²) in [5.41, 5.74) is 0.845. The number of hydrogen-bond acceptors (Lipinski definition) is 7. The Bertz CT molecular complexity index is 965. The van der Waals surface area contributed by atoms with Crippen molar-refractivity contribution in [3.8, 4) is 11.5 Å². The predicted octanol–water partition coefficient (Wildman–Crippen LogP) is 4.58. The number of rotatable bonds is 7. The molecule has 9 heteroatoms. The van der Waals surface area contributed by atoms with Crippen LogP contribution >= 0.6 is 34.7 Å². The van der Waals surface area contributed by atoms with Gasteiger partial charge in [0.1, 0.15) is 6.33 Å². The fraction of sp³-hybridized carbons (Fsp3) is 0.176. The quantitative estimate of drug-likeness (QED) is 0.421. The molecule has 0 aliphatic carbocycles. The number of thiophene rings is 1. The van der Waals surface area contributed by atoms with Gasteiger partial charge in [-0.1, -0.05) is 29.4 Å². The lowest BCUT2D eigenvalue weighted by Crippen LogP contribution is -2.01. The maximum Gasteiger partial charge on any atom is 0.247 e. The average molecular weight is 404 g/mol. The monoisotopic (exact) mass is 403 g/mol. The highest BCUT2D eigenvalue weighted by Gasteiger charge is 2.12. The Morgan fingerprint density at radius 1 is 1.12 bits per heavy atom. The number of thioether (sulfide) groups is 1. The molecule has 0 unspecified atom stereocenters. The molecule has 6 nitrogen and oxygen atoms in total. The normalized spacial score (nSPS) is 11.1. The third-order valence-electron chi connectivity index (χ3n) is 3.64. The number of nitrogens with zero attached hydrogens (tertiary/aromatic N) is 5. The van der Waals surface area contributed by atoms with Crippen LogP contribution in [0, 0.1) is 0 Å². The molecule has 0 amide bonds. The van der Waals surface area contributed by atoms with E-state index in [1.54, 1.807) is 29.8 Å². The molecule has 26 heavy (non-hydrogen) atoms. The van der Waals surface area contributed by atoms with E-state index < -0.39 is 0 Å². The molecule has 3 heterocycles. The molecule has 0 bridgehead atoms. The molecule has 4 aromatic rings. The number of hydrogen-bond donors (Lipinski definition) is 0. The molecule has 0 fully saturated rings. The van der Waals surface area contributed by atoms with E-state index in [1.165, 1.54) is 16.6 Å². The minimum Gasteiger partial charge on any atom is -0.420 e. The summed E-state index contributed by atoms with van der Waals surface area (Å²) in [6, 6.07) is 11.5. The maximum absolute atomic E-state index is 5.90. The Morgan fingerprint density at radius 2 is 2.00 bits per heavy atom. The zero-order valence-corrected chi connectivity index (χ0v) is 16.0. The van der Waals surface area contributed by atoms with Gasteiger partial charge in [-0.3, -0.25) is 0 Å². The lowest BCUT2D eigenvalue weighted by atomic mass is 10.2. The number of halogens is 1. The van der Waals surface area contributed by atoms with Gasteiger partial charge in [0.05, 0.1) is 5.75 Å². The Hall–Kier alpha value is -2.16. The molecule has 0 atom stereocenters. The van der Waals surface area contributed by atoms with Gasteiger partial charge in [0.25, 0.3) is 0 Å². The van der Waals surface area contributed by atoms with Crippen LogP contribution in [0.25, 0.3) is 11.5 Å². The molecule has 0 radical (unpaired) electrons. The van der Waals surface area contributed by atoms with Crippen LogP contribution in [0.4, 0.5) is 0 Å². The van der Waals surface area contributed by atoms with Gasteiger partial charge < -0.3 is 8.98 Å². The van der Waals surface area contributed by atoms with Crippen LogP contribution < -0.4 is 0 Å². The van der Waals surface area contributed by atoms with Crippen molar-refractivity contribution >= 4 is 34.7 Å². The number of benzene rings is 1. The fourth-order valence-electron chi connectivity index (χ4n) is 2.34. The first-order valence-electron chi connectivity index (χ1n) is 7.89. The van der Waals surface area contributed by atoms with E-state index in [0.29, 0.717) is 22.6 Å². The van der Waals surface area contributed by atoms with Gasteiger partial charge in [-0.05, 0) is 42.1 Å². The largest absolute Gasteiger partial charge is 0.420 e. The molecule has 0 saturated heterocycles. The zero-order valence-electron chi connectivity index (χ0n) is 13.6. The van der Waals surface area contributed by atoms with Crippen molar-refractivity contribution in [2.24, 2.45) is 0 Å². The summed E-state index contributed by atoms with van der Waals surface area (Å²) in [6.07, 6.45) is 2.72. The standard InChI is InChI=1S/C17H14ClN5OS2/c18-13-5-3-12(4-6-13)16-21-20-15(24-16)10-26-17-22-19-11-23(17)8-7-14-2-1-9-25-14/h1-6,9,11H,7-8,10H2. The Balaban J connectivity index is 1.37. The molecular formula is C17H14ClN5OS2. The van der Waals surface area contributed by atoms with Gasteiger partial charge in [-0.25, -0.2) is 0 Å². The highest BCUT2D eigenvalue weighted by Crippen LogP contribution is 2.24. The van der Waals surface area contributed by atoms with Crippen LogP contribution in [0.3, 0.4) is 0 Å². The summed E-state index contributed by atoms with van der Waals surface area (Å²) >= 11 is 9.19.